The van der Waals surface area contributed by atoms with E-state index in [2.05, 4.69) is 41.5 Å². The Morgan fingerprint density at radius 3 is 0.776 bits per heavy atom. The van der Waals surface area contributed by atoms with E-state index < -0.39 is 6.10 Å². The first-order valence-corrected chi connectivity index (χ1v) is 30.1. The van der Waals surface area contributed by atoms with Gasteiger partial charge in [-0.05, 0) is 37.0 Å². The maximum Gasteiger partial charge on any atom is 0.306 e. The average molecular weight is 948 g/mol. The zero-order valence-electron chi connectivity index (χ0n) is 46.2. The van der Waals surface area contributed by atoms with Crippen LogP contribution in [0.2, 0.25) is 0 Å². The first-order valence-electron chi connectivity index (χ1n) is 30.1. The van der Waals surface area contributed by atoms with Gasteiger partial charge in [0, 0.05) is 19.3 Å². The van der Waals surface area contributed by atoms with Crippen molar-refractivity contribution in [2.75, 3.05) is 13.2 Å². The molecule has 0 aliphatic heterocycles. The summed E-state index contributed by atoms with van der Waals surface area (Å²) in [6, 6.07) is 0. The van der Waals surface area contributed by atoms with Crippen LogP contribution in [-0.2, 0) is 28.6 Å². The summed E-state index contributed by atoms with van der Waals surface area (Å²) < 4.78 is 16.9. The lowest BCUT2D eigenvalue weighted by molar-refractivity contribution is -0.167. The molecule has 0 aromatic rings. The summed E-state index contributed by atoms with van der Waals surface area (Å²) in [4.78, 5) is 38.2. The van der Waals surface area contributed by atoms with E-state index >= 15 is 0 Å². The van der Waals surface area contributed by atoms with Crippen molar-refractivity contribution in [1.29, 1.82) is 0 Å². The molecule has 0 N–H and O–H groups in total. The minimum absolute atomic E-state index is 0.0632. The summed E-state index contributed by atoms with van der Waals surface area (Å²) in [6.45, 7) is 13.8. The number of hydrogen-bond acceptors (Lipinski definition) is 6. The summed E-state index contributed by atoms with van der Waals surface area (Å²) in [7, 11) is 0. The van der Waals surface area contributed by atoms with Crippen molar-refractivity contribution in [3.05, 3.63) is 0 Å². The number of rotatable bonds is 54. The third-order valence-corrected chi connectivity index (χ3v) is 14.3. The largest absolute Gasteiger partial charge is 0.462 e. The maximum atomic E-state index is 12.9. The van der Waals surface area contributed by atoms with Crippen LogP contribution in [-0.4, -0.2) is 37.2 Å². The van der Waals surface area contributed by atoms with Crippen molar-refractivity contribution in [2.24, 2.45) is 17.8 Å². The normalized spacial score (nSPS) is 12.5. The van der Waals surface area contributed by atoms with E-state index in [1.165, 1.54) is 218 Å². The second-order valence-electron chi connectivity index (χ2n) is 22.2. The minimum atomic E-state index is -0.764. The molecule has 0 aromatic heterocycles. The molecule has 67 heavy (non-hydrogen) atoms. The Kier molecular flexibility index (Phi) is 51.0. The summed E-state index contributed by atoms with van der Waals surface area (Å²) in [5.74, 6) is 1.73. The number of carbonyl (C=O) groups excluding carboxylic acids is 3. The fourth-order valence-electron chi connectivity index (χ4n) is 9.32. The number of hydrogen-bond donors (Lipinski definition) is 0. The van der Waals surface area contributed by atoms with Gasteiger partial charge in [0.25, 0.3) is 0 Å². The van der Waals surface area contributed by atoms with Crippen LogP contribution < -0.4 is 0 Å². The Balaban J connectivity index is 4.30. The zero-order valence-corrected chi connectivity index (χ0v) is 46.2. The van der Waals surface area contributed by atoms with E-state index in [0.29, 0.717) is 19.3 Å². The fraction of sp³-hybridized carbons (Fsp3) is 0.951. The minimum Gasteiger partial charge on any atom is -0.462 e. The predicted octanol–water partition coefficient (Wildman–Crippen LogP) is 19.9. The van der Waals surface area contributed by atoms with Gasteiger partial charge in [-0.1, -0.05) is 298 Å². The van der Waals surface area contributed by atoms with Gasteiger partial charge in [0.2, 0.25) is 0 Å². The van der Waals surface area contributed by atoms with Crippen LogP contribution in [0.15, 0.2) is 0 Å². The zero-order chi connectivity index (χ0) is 49.1. The smallest absolute Gasteiger partial charge is 0.306 e. The molecule has 6 heteroatoms. The van der Waals surface area contributed by atoms with Gasteiger partial charge < -0.3 is 14.2 Å². The van der Waals surface area contributed by atoms with Gasteiger partial charge in [-0.15, -0.1) is 0 Å². The molecule has 0 saturated carbocycles. The molecule has 6 nitrogen and oxygen atoms in total. The average Bonchev–Trinajstić information content (AvgIpc) is 3.30. The Bertz CT molecular complexity index is 1040. The van der Waals surface area contributed by atoms with Crippen LogP contribution in [0.4, 0.5) is 0 Å². The molecule has 0 rings (SSSR count). The molecule has 0 saturated heterocycles. The maximum absolute atomic E-state index is 12.9. The van der Waals surface area contributed by atoms with Crippen LogP contribution >= 0.6 is 0 Å². The Morgan fingerprint density at radius 1 is 0.299 bits per heavy atom. The van der Waals surface area contributed by atoms with Gasteiger partial charge in [-0.2, -0.15) is 0 Å². The van der Waals surface area contributed by atoms with Crippen molar-refractivity contribution in [1.82, 2.24) is 0 Å². The van der Waals surface area contributed by atoms with E-state index in [1.54, 1.807) is 0 Å². The second kappa shape index (κ2) is 52.2. The molecule has 0 fully saturated rings. The molecular formula is C61H118O6. The van der Waals surface area contributed by atoms with Crippen molar-refractivity contribution in [3.63, 3.8) is 0 Å². The van der Waals surface area contributed by atoms with Gasteiger partial charge in [-0.25, -0.2) is 0 Å². The Hall–Kier alpha value is -1.59. The number of unbranched alkanes of at least 4 members (excludes halogenated alkanes) is 36. The van der Waals surface area contributed by atoms with Crippen LogP contribution in [0.25, 0.3) is 0 Å². The molecule has 0 bridgehead atoms. The highest BCUT2D eigenvalue weighted by molar-refractivity contribution is 5.71. The molecule has 0 aliphatic rings. The lowest BCUT2D eigenvalue weighted by atomic mass is 9.99. The third-order valence-electron chi connectivity index (χ3n) is 14.3. The topological polar surface area (TPSA) is 78.9 Å². The number of ether oxygens (including phenoxy) is 3. The molecule has 0 amide bonds. The molecule has 0 aliphatic carbocycles. The van der Waals surface area contributed by atoms with Crippen LogP contribution in [0.3, 0.4) is 0 Å². The highest BCUT2D eigenvalue weighted by atomic mass is 16.6. The van der Waals surface area contributed by atoms with E-state index in [-0.39, 0.29) is 31.1 Å². The molecule has 1 unspecified atom stereocenters. The van der Waals surface area contributed by atoms with Crippen LogP contribution in [0, 0.1) is 17.8 Å². The Labute approximate surface area is 418 Å². The molecular weight excluding hydrogens is 829 g/mol. The van der Waals surface area contributed by atoms with Crippen molar-refractivity contribution in [3.8, 4) is 0 Å². The fourth-order valence-corrected chi connectivity index (χ4v) is 9.32. The quantitative estimate of drug-likeness (QED) is 0.0343. The first kappa shape index (κ1) is 65.4. The van der Waals surface area contributed by atoms with Crippen molar-refractivity contribution >= 4 is 17.9 Å². The highest BCUT2D eigenvalue weighted by Crippen LogP contribution is 2.19. The SMILES string of the molecule is CCC(C)CCCCCCCCCCCCCCCCC(=O)OC[C@@H](COC(=O)CCCCCCCCCCCCCC(C)C)OC(=O)CCCCCCCCCCCCCCCCC(C)C. The van der Waals surface area contributed by atoms with E-state index in [9.17, 15) is 14.4 Å². The van der Waals surface area contributed by atoms with Crippen molar-refractivity contribution in [2.45, 2.75) is 343 Å². The molecule has 0 aromatic carbocycles. The van der Waals surface area contributed by atoms with Gasteiger partial charge >= 0.3 is 17.9 Å². The summed E-state index contributed by atoms with van der Waals surface area (Å²) in [5.41, 5.74) is 0. The second-order valence-corrected chi connectivity index (χ2v) is 22.2. The van der Waals surface area contributed by atoms with Gasteiger partial charge in [0.15, 0.2) is 6.10 Å². The lowest BCUT2D eigenvalue weighted by Crippen LogP contribution is -2.30. The summed E-state index contributed by atoms with van der Waals surface area (Å²) >= 11 is 0. The van der Waals surface area contributed by atoms with E-state index in [1.807, 2.05) is 0 Å². The Morgan fingerprint density at radius 2 is 0.522 bits per heavy atom. The van der Waals surface area contributed by atoms with E-state index in [0.717, 1.165) is 75.5 Å². The van der Waals surface area contributed by atoms with Crippen LogP contribution in [0.1, 0.15) is 337 Å². The lowest BCUT2D eigenvalue weighted by Gasteiger charge is -2.18. The molecule has 0 radical (unpaired) electrons. The summed E-state index contributed by atoms with van der Waals surface area (Å²) in [6.07, 6.45) is 55.2. The monoisotopic (exact) mass is 947 g/mol. The molecule has 2 atom stereocenters. The van der Waals surface area contributed by atoms with Gasteiger partial charge in [0.05, 0.1) is 0 Å². The van der Waals surface area contributed by atoms with Gasteiger partial charge in [-0.3, -0.25) is 14.4 Å². The molecule has 0 spiro atoms. The number of carbonyl (C=O) groups is 3. The third kappa shape index (κ3) is 53.6. The standard InChI is InChI=1S/C61H118O6/c1-7-57(6)49-43-37-31-25-19-13-9-11-14-20-26-32-38-44-50-59(62)65-53-58(54-66-60(63)51-45-39-33-27-22-16-18-24-30-36-42-48-56(4)5)67-61(64)52-46-40-34-28-21-15-10-8-12-17-23-29-35-41-47-55(2)3/h55-58H,7-54H2,1-6H3/t57?,58-/m0/s1. The van der Waals surface area contributed by atoms with Gasteiger partial charge in [0.1, 0.15) is 13.2 Å². The summed E-state index contributed by atoms with van der Waals surface area (Å²) in [5, 5.41) is 0. The predicted molar refractivity (Wildman–Crippen MR) is 289 cm³/mol. The van der Waals surface area contributed by atoms with Crippen LogP contribution in [0.5, 0.6) is 0 Å². The molecule has 398 valence electrons. The van der Waals surface area contributed by atoms with E-state index in [4.69, 9.17) is 14.2 Å². The first-order chi connectivity index (χ1) is 32.6. The van der Waals surface area contributed by atoms with Crippen molar-refractivity contribution < 1.29 is 28.6 Å². The number of esters is 3. The highest BCUT2D eigenvalue weighted by Gasteiger charge is 2.19. The molecule has 0 heterocycles.